The van der Waals surface area contributed by atoms with Crippen LogP contribution in [0.15, 0.2) is 36.7 Å². The van der Waals surface area contributed by atoms with Crippen LogP contribution in [0.25, 0.3) is 0 Å². The van der Waals surface area contributed by atoms with Gasteiger partial charge in [-0.25, -0.2) is 4.98 Å². The SMILES string of the molecule is CN(Cc1cccnc1)c1cc(N)cc(Cl)n1. The Labute approximate surface area is 105 Å². The lowest BCUT2D eigenvalue weighted by Gasteiger charge is -2.18. The van der Waals surface area contributed by atoms with Gasteiger partial charge < -0.3 is 10.6 Å². The Hall–Kier alpha value is -1.81. The second-order valence-electron chi connectivity index (χ2n) is 3.80. The molecule has 0 bridgehead atoms. The normalized spacial score (nSPS) is 10.2. The topological polar surface area (TPSA) is 55.0 Å². The van der Waals surface area contributed by atoms with Gasteiger partial charge in [0.2, 0.25) is 0 Å². The van der Waals surface area contributed by atoms with E-state index in [1.807, 2.05) is 30.3 Å². The molecular weight excluding hydrogens is 236 g/mol. The van der Waals surface area contributed by atoms with Crippen LogP contribution in [-0.4, -0.2) is 17.0 Å². The average molecular weight is 249 g/mol. The van der Waals surface area contributed by atoms with Gasteiger partial charge in [0.15, 0.2) is 0 Å². The summed E-state index contributed by atoms with van der Waals surface area (Å²) in [7, 11) is 1.94. The molecule has 2 N–H and O–H groups in total. The molecule has 0 aliphatic heterocycles. The molecule has 2 rings (SSSR count). The highest BCUT2D eigenvalue weighted by atomic mass is 35.5. The van der Waals surface area contributed by atoms with Crippen LogP contribution >= 0.6 is 11.6 Å². The number of nitrogen functional groups attached to an aromatic ring is 1. The van der Waals surface area contributed by atoms with Crippen molar-refractivity contribution in [2.24, 2.45) is 0 Å². The molecule has 0 saturated carbocycles. The second kappa shape index (κ2) is 5.01. The van der Waals surface area contributed by atoms with E-state index in [4.69, 9.17) is 17.3 Å². The molecule has 0 radical (unpaired) electrons. The number of aromatic nitrogens is 2. The number of anilines is 2. The number of nitrogens with two attached hydrogens (primary N) is 1. The average Bonchev–Trinajstić information content (AvgIpc) is 2.29. The highest BCUT2D eigenvalue weighted by Crippen LogP contribution is 2.19. The van der Waals surface area contributed by atoms with E-state index in [9.17, 15) is 0 Å². The van der Waals surface area contributed by atoms with E-state index in [2.05, 4.69) is 9.97 Å². The van der Waals surface area contributed by atoms with Crippen LogP contribution in [-0.2, 0) is 6.54 Å². The third kappa shape index (κ3) is 3.07. The number of hydrogen-bond donors (Lipinski definition) is 1. The highest BCUT2D eigenvalue weighted by molar-refractivity contribution is 6.29. The summed E-state index contributed by atoms with van der Waals surface area (Å²) in [4.78, 5) is 10.3. The van der Waals surface area contributed by atoms with E-state index < -0.39 is 0 Å². The Balaban J connectivity index is 2.17. The van der Waals surface area contributed by atoms with E-state index in [0.29, 0.717) is 17.4 Å². The molecule has 2 heterocycles. The molecule has 17 heavy (non-hydrogen) atoms. The Kier molecular flexibility index (Phi) is 3.44. The lowest BCUT2D eigenvalue weighted by atomic mass is 10.2. The summed E-state index contributed by atoms with van der Waals surface area (Å²) >= 11 is 5.87. The largest absolute Gasteiger partial charge is 0.399 e. The van der Waals surface area contributed by atoms with Crippen molar-refractivity contribution in [1.29, 1.82) is 0 Å². The zero-order valence-electron chi connectivity index (χ0n) is 9.47. The van der Waals surface area contributed by atoms with Gasteiger partial charge in [-0.3, -0.25) is 4.98 Å². The maximum Gasteiger partial charge on any atom is 0.133 e. The van der Waals surface area contributed by atoms with Gasteiger partial charge >= 0.3 is 0 Å². The van der Waals surface area contributed by atoms with E-state index >= 15 is 0 Å². The van der Waals surface area contributed by atoms with E-state index in [-0.39, 0.29) is 0 Å². The van der Waals surface area contributed by atoms with Gasteiger partial charge in [-0.2, -0.15) is 0 Å². The third-order valence-electron chi connectivity index (χ3n) is 2.34. The van der Waals surface area contributed by atoms with Crippen molar-refractivity contribution < 1.29 is 0 Å². The predicted octanol–water partition coefficient (Wildman–Crippen LogP) is 2.35. The van der Waals surface area contributed by atoms with Gasteiger partial charge in [-0.1, -0.05) is 17.7 Å². The molecule has 2 aromatic heterocycles. The molecule has 0 amide bonds. The molecule has 0 aliphatic carbocycles. The van der Waals surface area contributed by atoms with Gasteiger partial charge in [-0.15, -0.1) is 0 Å². The Morgan fingerprint density at radius 1 is 1.41 bits per heavy atom. The van der Waals surface area contributed by atoms with Crippen molar-refractivity contribution in [3.05, 3.63) is 47.4 Å². The monoisotopic (exact) mass is 248 g/mol. The fraction of sp³-hybridized carbons (Fsp3) is 0.167. The van der Waals surface area contributed by atoms with Crippen LogP contribution in [0.5, 0.6) is 0 Å². The summed E-state index contributed by atoms with van der Waals surface area (Å²) in [6.45, 7) is 0.709. The number of pyridine rings is 2. The molecule has 2 aromatic rings. The number of nitrogens with zero attached hydrogens (tertiary/aromatic N) is 3. The predicted molar refractivity (Wildman–Crippen MR) is 70.0 cm³/mol. The van der Waals surface area contributed by atoms with Crippen molar-refractivity contribution in [2.75, 3.05) is 17.7 Å². The first-order valence-corrected chi connectivity index (χ1v) is 5.56. The minimum absolute atomic E-state index is 0.401. The molecular formula is C12H13ClN4. The van der Waals surface area contributed by atoms with E-state index in [1.54, 1.807) is 18.3 Å². The first-order valence-electron chi connectivity index (χ1n) is 5.18. The molecule has 0 saturated heterocycles. The van der Waals surface area contributed by atoms with Crippen molar-refractivity contribution in [2.45, 2.75) is 6.54 Å². The molecule has 0 aromatic carbocycles. The maximum absolute atomic E-state index is 5.87. The zero-order valence-corrected chi connectivity index (χ0v) is 10.2. The van der Waals surface area contributed by atoms with Crippen LogP contribution in [0.3, 0.4) is 0 Å². The first-order chi connectivity index (χ1) is 8.15. The van der Waals surface area contributed by atoms with Crippen molar-refractivity contribution in [3.63, 3.8) is 0 Å². The van der Waals surface area contributed by atoms with E-state index in [0.717, 1.165) is 11.4 Å². The van der Waals surface area contributed by atoms with Crippen LogP contribution in [0, 0.1) is 0 Å². The first kappa shape index (κ1) is 11.7. The molecule has 0 atom stereocenters. The highest BCUT2D eigenvalue weighted by Gasteiger charge is 2.05. The molecule has 0 spiro atoms. The van der Waals surface area contributed by atoms with Crippen LogP contribution in [0.4, 0.5) is 11.5 Å². The quantitative estimate of drug-likeness (QED) is 0.848. The Morgan fingerprint density at radius 3 is 2.88 bits per heavy atom. The number of hydrogen-bond acceptors (Lipinski definition) is 4. The van der Waals surface area contributed by atoms with Crippen molar-refractivity contribution in [1.82, 2.24) is 9.97 Å². The zero-order chi connectivity index (χ0) is 12.3. The molecule has 0 fully saturated rings. The minimum Gasteiger partial charge on any atom is -0.399 e. The van der Waals surface area contributed by atoms with Crippen molar-refractivity contribution >= 4 is 23.1 Å². The van der Waals surface area contributed by atoms with Crippen LogP contribution in [0.2, 0.25) is 5.15 Å². The molecule has 0 unspecified atom stereocenters. The summed E-state index contributed by atoms with van der Waals surface area (Å²) in [5.41, 5.74) is 7.44. The summed E-state index contributed by atoms with van der Waals surface area (Å²) in [6, 6.07) is 7.34. The molecule has 4 nitrogen and oxygen atoms in total. The Morgan fingerprint density at radius 2 is 2.24 bits per heavy atom. The molecule has 5 heteroatoms. The molecule has 88 valence electrons. The number of rotatable bonds is 3. The lowest BCUT2D eigenvalue weighted by Crippen LogP contribution is -2.18. The van der Waals surface area contributed by atoms with Gasteiger partial charge in [0.05, 0.1) is 0 Å². The lowest BCUT2D eigenvalue weighted by molar-refractivity contribution is 0.892. The maximum atomic E-state index is 5.87. The minimum atomic E-state index is 0.401. The summed E-state index contributed by atoms with van der Waals surface area (Å²) in [5.74, 6) is 0.749. The second-order valence-corrected chi connectivity index (χ2v) is 4.19. The fourth-order valence-corrected chi connectivity index (χ4v) is 1.76. The van der Waals surface area contributed by atoms with Crippen molar-refractivity contribution in [3.8, 4) is 0 Å². The van der Waals surface area contributed by atoms with Gasteiger partial charge in [0.25, 0.3) is 0 Å². The standard InChI is InChI=1S/C12H13ClN4/c1-17(8-9-3-2-4-15-7-9)12-6-10(14)5-11(13)16-12/h2-7H,8H2,1H3,(H2,14,16). The third-order valence-corrected chi connectivity index (χ3v) is 2.53. The van der Waals surface area contributed by atoms with Gasteiger partial charge in [-0.05, 0) is 17.7 Å². The fourth-order valence-electron chi connectivity index (χ4n) is 1.54. The smallest absolute Gasteiger partial charge is 0.133 e. The summed E-state index contributed by atoms with van der Waals surface area (Å²) in [5, 5.41) is 0.401. The Bertz CT molecular complexity index is 481. The van der Waals surface area contributed by atoms with Crippen LogP contribution in [0.1, 0.15) is 5.56 Å². The van der Waals surface area contributed by atoms with Gasteiger partial charge in [0.1, 0.15) is 11.0 Å². The summed E-state index contributed by atoms with van der Waals surface area (Å²) in [6.07, 6.45) is 3.57. The number of halogens is 1. The molecule has 0 aliphatic rings. The summed E-state index contributed by atoms with van der Waals surface area (Å²) < 4.78 is 0. The van der Waals surface area contributed by atoms with E-state index in [1.165, 1.54) is 0 Å². The van der Waals surface area contributed by atoms with Crippen LogP contribution < -0.4 is 10.6 Å². The van der Waals surface area contributed by atoms with Gasteiger partial charge in [0, 0.05) is 37.7 Å².